The van der Waals surface area contributed by atoms with E-state index in [9.17, 15) is 14.7 Å². The molecule has 0 unspecified atom stereocenters. The number of carbonyl (C=O) groups excluding carboxylic acids is 1. The number of allylic oxidation sites excluding steroid dienone is 1. The fourth-order valence-corrected chi connectivity index (χ4v) is 2.80. The van der Waals surface area contributed by atoms with Gasteiger partial charge in [0.05, 0.1) is 16.6 Å². The van der Waals surface area contributed by atoms with E-state index in [1.165, 1.54) is 12.3 Å². The number of aryl methyl sites for hydroxylation is 1. The second-order valence-corrected chi connectivity index (χ2v) is 6.36. The first-order valence-corrected chi connectivity index (χ1v) is 8.56. The molecule has 2 heterocycles. The maximum Gasteiger partial charge on any atom is 0.338 e. The molecular weight excluding hydrogens is 344 g/mol. The van der Waals surface area contributed by atoms with Gasteiger partial charge in [-0.25, -0.2) is 14.8 Å². The number of aromatic nitrogens is 3. The van der Waals surface area contributed by atoms with Crippen LogP contribution in [0.25, 0.3) is 22.3 Å². The van der Waals surface area contributed by atoms with Crippen molar-refractivity contribution in [3.05, 3.63) is 53.5 Å². The second-order valence-electron chi connectivity index (χ2n) is 6.36. The van der Waals surface area contributed by atoms with Gasteiger partial charge in [0, 0.05) is 29.9 Å². The number of carboxylic acids is 1. The number of H-pyrrole nitrogens is 1. The van der Waals surface area contributed by atoms with E-state index in [4.69, 9.17) is 0 Å². The Bertz CT molecular complexity index is 1060. The molecule has 0 spiro atoms. The lowest BCUT2D eigenvalue weighted by Gasteiger charge is -2.09. The number of amides is 1. The monoisotopic (exact) mass is 364 g/mol. The predicted octanol–water partition coefficient (Wildman–Crippen LogP) is 3.79. The van der Waals surface area contributed by atoms with Crippen LogP contribution in [0, 0.1) is 0 Å². The number of nitrogens with zero attached hydrogens (tertiary/aromatic N) is 2. The van der Waals surface area contributed by atoms with Crippen molar-refractivity contribution in [3.8, 4) is 11.3 Å². The van der Waals surface area contributed by atoms with E-state index in [0.29, 0.717) is 40.2 Å². The van der Waals surface area contributed by atoms with Crippen molar-refractivity contribution in [1.29, 1.82) is 0 Å². The number of aromatic amines is 1. The van der Waals surface area contributed by atoms with Gasteiger partial charge in [0.25, 0.3) is 0 Å². The van der Waals surface area contributed by atoms with Gasteiger partial charge in [-0.15, -0.1) is 0 Å². The number of rotatable bonds is 5. The molecule has 27 heavy (non-hydrogen) atoms. The normalized spacial score (nSPS) is 10.6. The maximum atomic E-state index is 12.0. The first-order chi connectivity index (χ1) is 12.9. The zero-order valence-electron chi connectivity index (χ0n) is 15.3. The highest BCUT2D eigenvalue weighted by Gasteiger charge is 2.19. The zero-order chi connectivity index (χ0) is 19.6. The van der Waals surface area contributed by atoms with Crippen LogP contribution in [0.4, 0.5) is 5.69 Å². The molecule has 138 valence electrons. The quantitative estimate of drug-likeness (QED) is 0.597. The molecule has 0 radical (unpaired) electrons. The predicted molar refractivity (Wildman–Crippen MR) is 104 cm³/mol. The van der Waals surface area contributed by atoms with Crippen LogP contribution in [0.1, 0.15) is 37.0 Å². The van der Waals surface area contributed by atoms with E-state index >= 15 is 0 Å². The molecule has 0 bridgehead atoms. The lowest BCUT2D eigenvalue weighted by atomic mass is 10.1. The van der Waals surface area contributed by atoms with E-state index in [2.05, 4.69) is 20.3 Å². The summed E-state index contributed by atoms with van der Waals surface area (Å²) in [7, 11) is 0. The topological polar surface area (TPSA) is 108 Å². The molecule has 0 aliphatic heterocycles. The van der Waals surface area contributed by atoms with Crippen LogP contribution in [0.2, 0.25) is 0 Å². The number of hydrogen-bond acceptors (Lipinski definition) is 4. The standard InChI is InChI=1S/C20H20N4O3/c1-4-15-23-18(17-14(20(26)27)10-21-19(17)24-15)12-6-5-7-13(9-12)22-16(25)8-11(2)3/h5-10H,4H2,1-3H3,(H,22,25)(H,26,27)(H,21,23,24). The van der Waals surface area contributed by atoms with Crippen LogP contribution >= 0.6 is 0 Å². The Morgan fingerprint density at radius 1 is 1.26 bits per heavy atom. The Morgan fingerprint density at radius 3 is 2.70 bits per heavy atom. The Morgan fingerprint density at radius 2 is 2.04 bits per heavy atom. The van der Waals surface area contributed by atoms with Gasteiger partial charge in [-0.05, 0) is 26.0 Å². The third-order valence-corrected chi connectivity index (χ3v) is 3.95. The third kappa shape index (κ3) is 3.87. The fourth-order valence-electron chi connectivity index (χ4n) is 2.80. The molecule has 3 rings (SSSR count). The van der Waals surface area contributed by atoms with E-state index < -0.39 is 5.97 Å². The van der Waals surface area contributed by atoms with Gasteiger partial charge >= 0.3 is 5.97 Å². The number of nitrogens with one attached hydrogen (secondary N) is 2. The Labute approximate surface area is 156 Å². The summed E-state index contributed by atoms with van der Waals surface area (Å²) in [5, 5.41) is 12.7. The number of hydrogen-bond donors (Lipinski definition) is 3. The fraction of sp³-hybridized carbons (Fsp3) is 0.200. The minimum atomic E-state index is -1.05. The summed E-state index contributed by atoms with van der Waals surface area (Å²) < 4.78 is 0. The molecule has 0 aliphatic carbocycles. The SMILES string of the molecule is CCc1nc(-c2cccc(NC(=O)C=C(C)C)c2)c2c(C(=O)O)c[nH]c2n1. The smallest absolute Gasteiger partial charge is 0.338 e. The maximum absolute atomic E-state index is 12.0. The first kappa shape index (κ1) is 18.3. The van der Waals surface area contributed by atoms with Crippen LogP contribution < -0.4 is 5.32 Å². The van der Waals surface area contributed by atoms with Gasteiger partial charge in [0.2, 0.25) is 5.91 Å². The van der Waals surface area contributed by atoms with E-state index in [1.54, 1.807) is 18.2 Å². The van der Waals surface area contributed by atoms with Crippen LogP contribution in [-0.2, 0) is 11.2 Å². The molecule has 1 amide bonds. The zero-order valence-corrected chi connectivity index (χ0v) is 15.3. The van der Waals surface area contributed by atoms with Crippen molar-refractivity contribution in [2.24, 2.45) is 0 Å². The summed E-state index contributed by atoms with van der Waals surface area (Å²) in [6, 6.07) is 7.17. The third-order valence-electron chi connectivity index (χ3n) is 3.95. The average molecular weight is 364 g/mol. The van der Waals surface area contributed by atoms with Gasteiger partial charge < -0.3 is 15.4 Å². The molecule has 7 heteroatoms. The molecule has 3 N–H and O–H groups in total. The highest BCUT2D eigenvalue weighted by atomic mass is 16.4. The van der Waals surface area contributed by atoms with Gasteiger partial charge in [-0.1, -0.05) is 24.6 Å². The number of benzene rings is 1. The number of carboxylic acid groups (broad SMARTS) is 1. The summed E-state index contributed by atoms with van der Waals surface area (Å²) in [5.41, 5.74) is 3.32. The van der Waals surface area contributed by atoms with Crippen molar-refractivity contribution in [2.45, 2.75) is 27.2 Å². The highest BCUT2D eigenvalue weighted by molar-refractivity contribution is 6.08. The number of carbonyl (C=O) groups is 2. The van der Waals surface area contributed by atoms with E-state index in [1.807, 2.05) is 26.8 Å². The Balaban J connectivity index is 2.13. The van der Waals surface area contributed by atoms with Crippen LogP contribution in [-0.4, -0.2) is 31.9 Å². The minimum Gasteiger partial charge on any atom is -0.478 e. The van der Waals surface area contributed by atoms with Crippen molar-refractivity contribution < 1.29 is 14.7 Å². The lowest BCUT2D eigenvalue weighted by molar-refractivity contribution is -0.111. The van der Waals surface area contributed by atoms with Crippen molar-refractivity contribution >= 4 is 28.6 Å². The van der Waals surface area contributed by atoms with Crippen LogP contribution in [0.3, 0.4) is 0 Å². The van der Waals surface area contributed by atoms with Gasteiger partial charge in [0.1, 0.15) is 11.5 Å². The van der Waals surface area contributed by atoms with Crippen molar-refractivity contribution in [3.63, 3.8) is 0 Å². The molecule has 7 nitrogen and oxygen atoms in total. The van der Waals surface area contributed by atoms with Gasteiger partial charge in [0.15, 0.2) is 0 Å². The lowest BCUT2D eigenvalue weighted by Crippen LogP contribution is -2.08. The molecule has 3 aromatic rings. The molecule has 0 saturated heterocycles. The first-order valence-electron chi connectivity index (χ1n) is 8.56. The van der Waals surface area contributed by atoms with Gasteiger partial charge in [-0.3, -0.25) is 4.79 Å². The van der Waals surface area contributed by atoms with Crippen molar-refractivity contribution in [1.82, 2.24) is 15.0 Å². The van der Waals surface area contributed by atoms with Gasteiger partial charge in [-0.2, -0.15) is 0 Å². The molecule has 0 fully saturated rings. The van der Waals surface area contributed by atoms with E-state index in [0.717, 1.165) is 5.57 Å². The van der Waals surface area contributed by atoms with Crippen LogP contribution in [0.5, 0.6) is 0 Å². The Kier molecular flexibility index (Phi) is 5.03. The molecule has 0 saturated carbocycles. The summed E-state index contributed by atoms with van der Waals surface area (Å²) in [5.74, 6) is -0.666. The minimum absolute atomic E-state index is 0.113. The van der Waals surface area contributed by atoms with Crippen molar-refractivity contribution in [2.75, 3.05) is 5.32 Å². The number of anilines is 1. The summed E-state index contributed by atoms with van der Waals surface area (Å²) in [6.45, 7) is 5.63. The van der Waals surface area contributed by atoms with Crippen LogP contribution in [0.15, 0.2) is 42.1 Å². The summed E-state index contributed by atoms with van der Waals surface area (Å²) in [6.07, 6.45) is 3.55. The number of fused-ring (bicyclic) bond motifs is 1. The number of aromatic carboxylic acids is 1. The summed E-state index contributed by atoms with van der Waals surface area (Å²) >= 11 is 0. The van der Waals surface area contributed by atoms with E-state index in [-0.39, 0.29) is 11.5 Å². The summed E-state index contributed by atoms with van der Waals surface area (Å²) in [4.78, 5) is 35.4. The largest absolute Gasteiger partial charge is 0.478 e. The molecular formula is C20H20N4O3. The Hall–Kier alpha value is -3.48. The molecule has 0 atom stereocenters. The second kappa shape index (κ2) is 7.41. The molecule has 1 aromatic carbocycles. The highest BCUT2D eigenvalue weighted by Crippen LogP contribution is 2.30. The molecule has 0 aliphatic rings. The molecule has 2 aromatic heterocycles. The average Bonchev–Trinajstić information content (AvgIpc) is 3.04.